The van der Waals surface area contributed by atoms with E-state index >= 15 is 0 Å². The van der Waals surface area contributed by atoms with E-state index in [2.05, 4.69) is 132 Å². The van der Waals surface area contributed by atoms with E-state index in [9.17, 15) is 0 Å². The molecule has 0 aliphatic heterocycles. The van der Waals surface area contributed by atoms with Gasteiger partial charge >= 0.3 is 0 Å². The number of hydrogen-bond donors (Lipinski definition) is 0. The monoisotopic (exact) mass is 481 g/mol. The highest BCUT2D eigenvalue weighted by Crippen LogP contribution is 2.44. The standard InChI is InChI=1S/C37H23N/c1-2-5-30-22-31(13-10-24(30)4-1)35-23-34(27-11-8-25(9-12-27)26-18-20-38-21-19-26)32-16-14-28-6-3-7-29-15-17-33(35)37(32)36(28)29/h1-23H. The van der Waals surface area contributed by atoms with Crippen LogP contribution < -0.4 is 0 Å². The summed E-state index contributed by atoms with van der Waals surface area (Å²) in [5, 5.41) is 10.4. The summed E-state index contributed by atoms with van der Waals surface area (Å²) in [4.78, 5) is 4.17. The molecule has 8 rings (SSSR count). The second-order valence-electron chi connectivity index (χ2n) is 10.0. The molecule has 7 aromatic carbocycles. The minimum atomic E-state index is 1.18. The van der Waals surface area contributed by atoms with Gasteiger partial charge < -0.3 is 0 Å². The van der Waals surface area contributed by atoms with Crippen LogP contribution in [0.4, 0.5) is 0 Å². The maximum atomic E-state index is 4.17. The highest BCUT2D eigenvalue weighted by atomic mass is 14.6. The van der Waals surface area contributed by atoms with Crippen LogP contribution >= 0.6 is 0 Å². The Balaban J connectivity index is 1.43. The van der Waals surface area contributed by atoms with Crippen LogP contribution in [0.15, 0.2) is 140 Å². The highest BCUT2D eigenvalue weighted by molar-refractivity contribution is 6.28. The third kappa shape index (κ3) is 3.22. The Hall–Kier alpha value is -5.01. The molecular weight excluding hydrogens is 458 g/mol. The predicted molar refractivity (Wildman–Crippen MR) is 162 cm³/mol. The molecule has 0 saturated carbocycles. The van der Waals surface area contributed by atoms with Crippen molar-refractivity contribution in [1.29, 1.82) is 0 Å². The summed E-state index contributed by atoms with van der Waals surface area (Å²) in [5.41, 5.74) is 7.39. The summed E-state index contributed by atoms with van der Waals surface area (Å²) >= 11 is 0. The van der Waals surface area contributed by atoms with Crippen LogP contribution in [0.3, 0.4) is 0 Å². The highest BCUT2D eigenvalue weighted by Gasteiger charge is 2.17. The SMILES string of the molecule is c1ccc2cc(-c3cc(-c4ccc(-c5ccncc5)cc4)c4ccc5cccc6ccc3c4c56)ccc2c1. The third-order valence-corrected chi connectivity index (χ3v) is 7.92. The molecule has 0 unspecified atom stereocenters. The van der Waals surface area contributed by atoms with Crippen molar-refractivity contribution in [2.45, 2.75) is 0 Å². The summed E-state index contributed by atoms with van der Waals surface area (Å²) < 4.78 is 0. The Morgan fingerprint density at radius 1 is 0.342 bits per heavy atom. The summed E-state index contributed by atoms with van der Waals surface area (Å²) in [7, 11) is 0. The summed E-state index contributed by atoms with van der Waals surface area (Å²) in [6, 6.07) is 46.7. The molecule has 38 heavy (non-hydrogen) atoms. The van der Waals surface area contributed by atoms with Crippen LogP contribution in [0.1, 0.15) is 0 Å². The van der Waals surface area contributed by atoms with Crippen LogP contribution in [0.2, 0.25) is 0 Å². The first-order valence-electron chi connectivity index (χ1n) is 13.0. The second kappa shape index (κ2) is 8.26. The van der Waals surface area contributed by atoms with Gasteiger partial charge in [-0.15, -0.1) is 0 Å². The molecule has 0 aliphatic carbocycles. The van der Waals surface area contributed by atoms with Gasteiger partial charge in [0.15, 0.2) is 0 Å². The minimum absolute atomic E-state index is 1.18. The van der Waals surface area contributed by atoms with Gasteiger partial charge in [-0.3, -0.25) is 4.98 Å². The summed E-state index contributed by atoms with van der Waals surface area (Å²) in [6.45, 7) is 0. The number of aromatic nitrogens is 1. The molecular formula is C37H23N. The maximum Gasteiger partial charge on any atom is 0.0273 e. The van der Waals surface area contributed by atoms with Gasteiger partial charge in [-0.05, 0) is 101 Å². The molecule has 0 fully saturated rings. The van der Waals surface area contributed by atoms with Crippen LogP contribution in [-0.2, 0) is 0 Å². The Morgan fingerprint density at radius 2 is 0.895 bits per heavy atom. The number of rotatable bonds is 3. The largest absolute Gasteiger partial charge is 0.265 e. The van der Waals surface area contributed by atoms with Crippen molar-refractivity contribution in [3.63, 3.8) is 0 Å². The Morgan fingerprint density at radius 3 is 1.63 bits per heavy atom. The van der Waals surface area contributed by atoms with Gasteiger partial charge in [-0.1, -0.05) is 103 Å². The fourth-order valence-corrected chi connectivity index (χ4v) is 6.05. The van der Waals surface area contributed by atoms with Crippen molar-refractivity contribution in [2.75, 3.05) is 0 Å². The normalized spacial score (nSPS) is 11.7. The summed E-state index contributed by atoms with van der Waals surface area (Å²) in [5.74, 6) is 0. The van der Waals surface area contributed by atoms with E-state index in [1.807, 2.05) is 12.4 Å². The topological polar surface area (TPSA) is 12.9 Å². The van der Waals surface area contributed by atoms with Crippen molar-refractivity contribution in [3.8, 4) is 33.4 Å². The molecule has 1 aromatic heterocycles. The lowest BCUT2D eigenvalue weighted by molar-refractivity contribution is 1.33. The first-order valence-corrected chi connectivity index (χ1v) is 13.0. The lowest BCUT2D eigenvalue weighted by Crippen LogP contribution is -1.91. The quantitative estimate of drug-likeness (QED) is 0.229. The Labute approximate surface area is 221 Å². The fraction of sp³-hybridized carbons (Fsp3) is 0. The van der Waals surface area contributed by atoms with Crippen LogP contribution in [0.25, 0.3) is 76.5 Å². The average molecular weight is 482 g/mol. The molecule has 8 aromatic rings. The van der Waals surface area contributed by atoms with E-state index in [-0.39, 0.29) is 0 Å². The van der Waals surface area contributed by atoms with E-state index in [1.54, 1.807) is 0 Å². The molecule has 0 bridgehead atoms. The average Bonchev–Trinajstić information content (AvgIpc) is 3.00. The molecule has 0 N–H and O–H groups in total. The number of hydrogen-bond acceptors (Lipinski definition) is 1. The molecule has 0 amide bonds. The first kappa shape index (κ1) is 21.1. The zero-order chi connectivity index (χ0) is 25.1. The Kier molecular flexibility index (Phi) is 4.59. The van der Waals surface area contributed by atoms with Crippen molar-refractivity contribution in [3.05, 3.63) is 140 Å². The fourth-order valence-electron chi connectivity index (χ4n) is 6.05. The second-order valence-corrected chi connectivity index (χ2v) is 10.0. The van der Waals surface area contributed by atoms with Gasteiger partial charge in [-0.25, -0.2) is 0 Å². The number of pyridine rings is 1. The molecule has 0 radical (unpaired) electrons. The van der Waals surface area contributed by atoms with Gasteiger partial charge in [0, 0.05) is 12.4 Å². The molecule has 0 saturated heterocycles. The van der Waals surface area contributed by atoms with Crippen molar-refractivity contribution in [1.82, 2.24) is 4.98 Å². The van der Waals surface area contributed by atoms with Crippen molar-refractivity contribution < 1.29 is 0 Å². The number of benzene rings is 7. The molecule has 1 heteroatoms. The van der Waals surface area contributed by atoms with E-state index in [0.717, 1.165) is 0 Å². The van der Waals surface area contributed by atoms with E-state index in [4.69, 9.17) is 0 Å². The van der Waals surface area contributed by atoms with Crippen LogP contribution in [0.5, 0.6) is 0 Å². The lowest BCUT2D eigenvalue weighted by atomic mass is 9.85. The van der Waals surface area contributed by atoms with E-state index in [0.29, 0.717) is 0 Å². The maximum absolute atomic E-state index is 4.17. The number of fused-ring (bicyclic) bond motifs is 1. The van der Waals surface area contributed by atoms with E-state index in [1.165, 1.54) is 76.5 Å². The first-order chi connectivity index (χ1) is 18.8. The van der Waals surface area contributed by atoms with Crippen molar-refractivity contribution >= 4 is 43.1 Å². The van der Waals surface area contributed by atoms with Crippen molar-refractivity contribution in [2.24, 2.45) is 0 Å². The summed E-state index contributed by atoms with van der Waals surface area (Å²) in [6.07, 6.45) is 3.69. The Bertz CT molecular complexity index is 2090. The van der Waals surface area contributed by atoms with E-state index < -0.39 is 0 Å². The smallest absolute Gasteiger partial charge is 0.0273 e. The molecule has 0 aliphatic rings. The lowest BCUT2D eigenvalue weighted by Gasteiger charge is -2.18. The number of nitrogens with zero attached hydrogens (tertiary/aromatic N) is 1. The minimum Gasteiger partial charge on any atom is -0.265 e. The molecule has 0 atom stereocenters. The zero-order valence-corrected chi connectivity index (χ0v) is 20.7. The zero-order valence-electron chi connectivity index (χ0n) is 20.7. The molecule has 176 valence electrons. The van der Waals surface area contributed by atoms with Gasteiger partial charge in [0.05, 0.1) is 0 Å². The molecule has 1 nitrogen and oxygen atoms in total. The van der Waals surface area contributed by atoms with Gasteiger partial charge in [0.1, 0.15) is 0 Å². The predicted octanol–water partition coefficient (Wildman–Crippen LogP) is 10.1. The van der Waals surface area contributed by atoms with Crippen LogP contribution in [0, 0.1) is 0 Å². The third-order valence-electron chi connectivity index (χ3n) is 7.92. The molecule has 1 heterocycles. The van der Waals surface area contributed by atoms with Gasteiger partial charge in [0.2, 0.25) is 0 Å². The van der Waals surface area contributed by atoms with Gasteiger partial charge in [0.25, 0.3) is 0 Å². The van der Waals surface area contributed by atoms with Crippen LogP contribution in [-0.4, -0.2) is 4.98 Å². The molecule has 0 spiro atoms. The van der Waals surface area contributed by atoms with Gasteiger partial charge in [-0.2, -0.15) is 0 Å².